The van der Waals surface area contributed by atoms with Gasteiger partial charge in [-0.05, 0) is 11.6 Å². The van der Waals surface area contributed by atoms with Gasteiger partial charge >= 0.3 is 0 Å². The molecule has 0 atom stereocenters. The molecule has 0 aliphatic heterocycles. The van der Waals surface area contributed by atoms with Crippen molar-refractivity contribution in [2.24, 2.45) is 0 Å². The van der Waals surface area contributed by atoms with Gasteiger partial charge in [0.25, 0.3) is 0 Å². The van der Waals surface area contributed by atoms with E-state index in [0.717, 1.165) is 11.3 Å². The largest absolute Gasteiger partial charge is 0.377 e. The molecule has 14 heavy (non-hydrogen) atoms. The van der Waals surface area contributed by atoms with E-state index in [0.29, 0.717) is 6.42 Å². The third kappa shape index (κ3) is 2.73. The van der Waals surface area contributed by atoms with Crippen molar-refractivity contribution in [3.8, 4) is 0 Å². The van der Waals surface area contributed by atoms with Gasteiger partial charge in [0, 0.05) is 31.1 Å². The van der Waals surface area contributed by atoms with Crippen molar-refractivity contribution in [1.82, 2.24) is 0 Å². The third-order valence-corrected chi connectivity index (χ3v) is 2.04. The molecule has 1 aromatic carbocycles. The van der Waals surface area contributed by atoms with E-state index in [9.17, 15) is 10.1 Å². The highest BCUT2D eigenvalue weighted by molar-refractivity contribution is 5.52. The summed E-state index contributed by atoms with van der Waals surface area (Å²) in [5.74, 6) is 0. The second-order valence-corrected chi connectivity index (χ2v) is 3.33. The van der Waals surface area contributed by atoms with Gasteiger partial charge in [-0.3, -0.25) is 10.1 Å². The molecule has 1 rings (SSSR count). The fourth-order valence-corrected chi connectivity index (χ4v) is 1.37. The molecule has 0 fully saturated rings. The van der Waals surface area contributed by atoms with Crippen LogP contribution in [0.3, 0.4) is 0 Å². The normalized spacial score (nSPS) is 9.86. The number of anilines is 1. The van der Waals surface area contributed by atoms with Crippen molar-refractivity contribution in [3.63, 3.8) is 0 Å². The molecule has 4 nitrogen and oxygen atoms in total. The van der Waals surface area contributed by atoms with Crippen LogP contribution >= 0.6 is 0 Å². The highest BCUT2D eigenvalue weighted by atomic mass is 16.6. The molecule has 0 heterocycles. The molecule has 0 amide bonds. The molecule has 4 heteroatoms. The minimum Gasteiger partial charge on any atom is -0.377 e. The van der Waals surface area contributed by atoms with Crippen LogP contribution in [0.15, 0.2) is 24.3 Å². The van der Waals surface area contributed by atoms with E-state index < -0.39 is 0 Å². The van der Waals surface area contributed by atoms with Gasteiger partial charge in [0.15, 0.2) is 0 Å². The number of para-hydroxylation sites is 1. The number of hydrogen-bond donors (Lipinski definition) is 0. The Kier molecular flexibility index (Phi) is 3.45. The van der Waals surface area contributed by atoms with Crippen LogP contribution in [0.4, 0.5) is 5.69 Å². The van der Waals surface area contributed by atoms with Crippen molar-refractivity contribution < 1.29 is 4.92 Å². The van der Waals surface area contributed by atoms with Crippen molar-refractivity contribution in [1.29, 1.82) is 0 Å². The van der Waals surface area contributed by atoms with E-state index in [1.807, 2.05) is 43.3 Å². The number of rotatable bonds is 4. The highest BCUT2D eigenvalue weighted by Gasteiger charge is 2.06. The molecule has 0 saturated heterocycles. The molecule has 0 spiro atoms. The van der Waals surface area contributed by atoms with Crippen LogP contribution < -0.4 is 4.90 Å². The van der Waals surface area contributed by atoms with E-state index in [1.54, 1.807) is 0 Å². The van der Waals surface area contributed by atoms with Crippen LogP contribution in [0.2, 0.25) is 0 Å². The number of hydrogen-bond acceptors (Lipinski definition) is 3. The summed E-state index contributed by atoms with van der Waals surface area (Å²) in [6.45, 7) is -0.00907. The first kappa shape index (κ1) is 10.5. The van der Waals surface area contributed by atoms with E-state index in [-0.39, 0.29) is 11.5 Å². The van der Waals surface area contributed by atoms with Crippen LogP contribution in [0.1, 0.15) is 5.56 Å². The molecule has 0 aliphatic carbocycles. The summed E-state index contributed by atoms with van der Waals surface area (Å²) < 4.78 is 0. The zero-order chi connectivity index (χ0) is 10.6. The monoisotopic (exact) mass is 194 g/mol. The molecule has 0 aliphatic rings. The maximum atomic E-state index is 10.2. The summed E-state index contributed by atoms with van der Waals surface area (Å²) >= 11 is 0. The van der Waals surface area contributed by atoms with Crippen LogP contribution in [0, 0.1) is 10.1 Å². The Labute approximate surface area is 83.3 Å². The molecule has 0 saturated carbocycles. The summed E-state index contributed by atoms with van der Waals surface area (Å²) in [5.41, 5.74) is 2.07. The lowest BCUT2D eigenvalue weighted by Gasteiger charge is -2.16. The zero-order valence-electron chi connectivity index (χ0n) is 8.43. The molecule has 0 N–H and O–H groups in total. The van der Waals surface area contributed by atoms with Crippen LogP contribution in [-0.2, 0) is 6.42 Å². The zero-order valence-corrected chi connectivity index (χ0v) is 8.43. The minimum atomic E-state index is -0.285. The van der Waals surface area contributed by atoms with Crippen molar-refractivity contribution >= 4 is 5.69 Å². The van der Waals surface area contributed by atoms with Gasteiger partial charge in [0.05, 0.1) is 0 Å². The second kappa shape index (κ2) is 4.60. The van der Waals surface area contributed by atoms with Gasteiger partial charge in [-0.25, -0.2) is 0 Å². The Morgan fingerprint density at radius 1 is 1.36 bits per heavy atom. The van der Waals surface area contributed by atoms with E-state index >= 15 is 0 Å². The van der Waals surface area contributed by atoms with Gasteiger partial charge in [0.2, 0.25) is 6.54 Å². The lowest BCUT2D eigenvalue weighted by molar-refractivity contribution is -0.479. The molecule has 0 aromatic heterocycles. The molecular weight excluding hydrogens is 180 g/mol. The van der Waals surface area contributed by atoms with Crippen LogP contribution in [0.25, 0.3) is 0 Å². The van der Waals surface area contributed by atoms with Crippen LogP contribution in [0.5, 0.6) is 0 Å². The fraction of sp³-hybridized carbons (Fsp3) is 0.400. The number of nitro groups is 1. The van der Waals surface area contributed by atoms with E-state index in [1.165, 1.54) is 0 Å². The fourth-order valence-electron chi connectivity index (χ4n) is 1.37. The minimum absolute atomic E-state index is 0.00907. The lowest BCUT2D eigenvalue weighted by Crippen LogP contribution is -2.13. The van der Waals surface area contributed by atoms with Gasteiger partial charge in [-0.15, -0.1) is 0 Å². The Hall–Kier alpha value is -1.58. The summed E-state index contributed by atoms with van der Waals surface area (Å²) in [6.07, 6.45) is 0.487. The standard InChI is InChI=1S/C10H14N2O2/c1-11(2)10-6-4-3-5-9(10)7-8-12(13)14/h3-6H,7-8H2,1-2H3. The third-order valence-electron chi connectivity index (χ3n) is 2.04. The smallest absolute Gasteiger partial charge is 0.207 e. The first-order valence-electron chi connectivity index (χ1n) is 4.48. The predicted octanol–water partition coefficient (Wildman–Crippen LogP) is 1.57. The van der Waals surface area contributed by atoms with Gasteiger partial charge in [-0.2, -0.15) is 0 Å². The SMILES string of the molecule is CN(C)c1ccccc1CC[N+](=O)[O-]. The van der Waals surface area contributed by atoms with Gasteiger partial charge in [-0.1, -0.05) is 18.2 Å². The van der Waals surface area contributed by atoms with Crippen molar-refractivity contribution in [3.05, 3.63) is 39.9 Å². The predicted molar refractivity (Wildman–Crippen MR) is 56.3 cm³/mol. The van der Waals surface area contributed by atoms with Crippen molar-refractivity contribution in [2.75, 3.05) is 25.5 Å². The van der Waals surface area contributed by atoms with Crippen LogP contribution in [-0.4, -0.2) is 25.6 Å². The molecule has 76 valence electrons. The maximum absolute atomic E-state index is 10.2. The van der Waals surface area contributed by atoms with Crippen molar-refractivity contribution in [2.45, 2.75) is 6.42 Å². The average molecular weight is 194 g/mol. The molecular formula is C10H14N2O2. The average Bonchev–Trinajstić information content (AvgIpc) is 2.15. The number of benzene rings is 1. The summed E-state index contributed by atoms with van der Waals surface area (Å²) in [6, 6.07) is 7.74. The van der Waals surface area contributed by atoms with E-state index in [2.05, 4.69) is 0 Å². The Balaban J connectivity index is 2.79. The molecule has 1 aromatic rings. The molecule has 0 radical (unpaired) electrons. The molecule has 0 bridgehead atoms. The summed E-state index contributed by atoms with van der Waals surface area (Å²) in [5, 5.41) is 10.2. The first-order chi connectivity index (χ1) is 6.61. The second-order valence-electron chi connectivity index (χ2n) is 3.33. The summed E-state index contributed by atoms with van der Waals surface area (Å²) in [4.78, 5) is 11.9. The van der Waals surface area contributed by atoms with Gasteiger partial charge < -0.3 is 4.90 Å². The van der Waals surface area contributed by atoms with E-state index in [4.69, 9.17) is 0 Å². The first-order valence-corrected chi connectivity index (χ1v) is 4.48. The topological polar surface area (TPSA) is 46.4 Å². The Morgan fingerprint density at radius 3 is 2.57 bits per heavy atom. The maximum Gasteiger partial charge on any atom is 0.207 e. The summed E-state index contributed by atoms with van der Waals surface area (Å²) in [7, 11) is 3.87. The number of nitrogens with zero attached hydrogens (tertiary/aromatic N) is 2. The highest BCUT2D eigenvalue weighted by Crippen LogP contribution is 2.18. The molecule has 0 unspecified atom stereocenters. The Bertz CT molecular complexity index is 324. The lowest BCUT2D eigenvalue weighted by atomic mass is 10.1. The van der Waals surface area contributed by atoms with Gasteiger partial charge in [0.1, 0.15) is 0 Å². The Morgan fingerprint density at radius 2 is 2.00 bits per heavy atom. The quantitative estimate of drug-likeness (QED) is 0.540.